The van der Waals surface area contributed by atoms with E-state index in [1.54, 1.807) is 6.20 Å². The first-order chi connectivity index (χ1) is 17.1. The lowest BCUT2D eigenvalue weighted by molar-refractivity contribution is -0.104. The number of aliphatic hydroxyl groups is 3. The van der Waals surface area contributed by atoms with Crippen LogP contribution in [-0.2, 0) is 14.0 Å². The Morgan fingerprint density at radius 3 is 2.61 bits per heavy atom. The summed E-state index contributed by atoms with van der Waals surface area (Å²) in [6.07, 6.45) is 1.36. The van der Waals surface area contributed by atoms with Gasteiger partial charge in [0, 0.05) is 6.04 Å². The zero-order valence-corrected chi connectivity index (χ0v) is 21.1. The number of nitrogens with one attached hydrogen (secondary N) is 1. The number of aromatic nitrogens is 4. The van der Waals surface area contributed by atoms with Crippen LogP contribution < -0.4 is 10.1 Å². The Morgan fingerprint density at radius 1 is 1.25 bits per heavy atom. The van der Waals surface area contributed by atoms with Crippen molar-refractivity contribution in [2.45, 2.75) is 81.9 Å². The lowest BCUT2D eigenvalue weighted by Gasteiger charge is -2.29. The second-order valence-electron chi connectivity index (χ2n) is 9.39. The molecule has 6 N–H and O–H groups in total. The van der Waals surface area contributed by atoms with Crippen molar-refractivity contribution in [2.75, 3.05) is 25.1 Å². The van der Waals surface area contributed by atoms with Crippen LogP contribution in [0.4, 0.5) is 5.82 Å². The second kappa shape index (κ2) is 10.8. The highest BCUT2D eigenvalue weighted by Crippen LogP contribution is 2.51. The molecule has 1 unspecified atom stereocenters. The first-order valence-electron chi connectivity index (χ1n) is 12.0. The maximum absolute atomic E-state index is 11.7. The highest BCUT2D eigenvalue weighted by molar-refractivity contribution is 7.53. The largest absolute Gasteiger partial charge is 0.463 e. The number of aliphatic hydroxyl groups excluding tert-OH is 3. The normalized spacial score (nSPS) is 27.0. The number of nitrogens with zero attached hydrogens (tertiary/aromatic N) is 4. The Labute approximate surface area is 207 Å². The lowest BCUT2D eigenvalue weighted by atomic mass is 10.1. The predicted molar refractivity (Wildman–Crippen MR) is 126 cm³/mol. The summed E-state index contributed by atoms with van der Waals surface area (Å²) in [7, 11) is -4.84. The molecule has 1 saturated carbocycles. The molecule has 2 aliphatic rings. The zero-order chi connectivity index (χ0) is 26.1. The first-order valence-corrected chi connectivity index (χ1v) is 13.7. The van der Waals surface area contributed by atoms with Crippen molar-refractivity contribution in [1.29, 1.82) is 0 Å². The Bertz CT molecular complexity index is 1090. The van der Waals surface area contributed by atoms with E-state index in [1.165, 1.54) is 4.68 Å². The van der Waals surface area contributed by atoms with Crippen molar-refractivity contribution in [1.82, 2.24) is 19.7 Å². The van der Waals surface area contributed by atoms with Crippen LogP contribution in [-0.4, -0.2) is 94.4 Å². The summed E-state index contributed by atoms with van der Waals surface area (Å²) in [6, 6.07) is 0.400. The summed E-state index contributed by atoms with van der Waals surface area (Å²) in [6.45, 7) is 1.97. The smallest absolute Gasteiger partial charge is 0.359 e. The van der Waals surface area contributed by atoms with Gasteiger partial charge in [0.1, 0.15) is 24.1 Å². The third-order valence-corrected chi connectivity index (χ3v) is 8.11. The maximum atomic E-state index is 11.7. The molecule has 3 heterocycles. The molecule has 1 aliphatic heterocycles. The molecule has 15 heteroatoms. The van der Waals surface area contributed by atoms with Crippen LogP contribution in [0, 0.1) is 0 Å². The van der Waals surface area contributed by atoms with Crippen LogP contribution in [0.2, 0.25) is 0 Å². The van der Waals surface area contributed by atoms with E-state index in [4.69, 9.17) is 14.2 Å². The van der Waals surface area contributed by atoms with E-state index >= 15 is 0 Å². The third-order valence-electron chi connectivity index (χ3n) is 6.61. The van der Waals surface area contributed by atoms with E-state index in [-0.39, 0.29) is 12.1 Å². The summed E-state index contributed by atoms with van der Waals surface area (Å²) >= 11 is 0. The lowest BCUT2D eigenvalue weighted by Crippen LogP contribution is -2.39. The summed E-state index contributed by atoms with van der Waals surface area (Å²) in [5.41, 5.74) is 0.324. The Kier molecular flexibility index (Phi) is 8.17. The van der Waals surface area contributed by atoms with Crippen molar-refractivity contribution in [3.05, 3.63) is 6.20 Å². The molecule has 0 radical (unpaired) electrons. The average Bonchev–Trinajstić information content (AvgIpc) is 3.56. The van der Waals surface area contributed by atoms with Crippen LogP contribution >= 0.6 is 7.60 Å². The van der Waals surface area contributed by atoms with E-state index < -0.39 is 50.7 Å². The molecular formula is C21H34N5O9P. The van der Waals surface area contributed by atoms with Gasteiger partial charge in [0.05, 0.1) is 31.4 Å². The molecule has 0 aromatic carbocycles. The monoisotopic (exact) mass is 531 g/mol. The fourth-order valence-corrected chi connectivity index (χ4v) is 4.70. The maximum Gasteiger partial charge on any atom is 0.359 e. The van der Waals surface area contributed by atoms with Crippen LogP contribution in [0.3, 0.4) is 0 Å². The van der Waals surface area contributed by atoms with E-state index in [9.17, 15) is 29.7 Å². The van der Waals surface area contributed by atoms with Crippen molar-refractivity contribution >= 4 is 24.4 Å². The van der Waals surface area contributed by atoms with Crippen LogP contribution in [0.5, 0.6) is 6.01 Å². The van der Waals surface area contributed by atoms with E-state index in [1.807, 2.05) is 6.92 Å². The summed E-state index contributed by atoms with van der Waals surface area (Å²) in [4.78, 5) is 28.0. The number of hydrogen-bond acceptors (Lipinski definition) is 11. The number of rotatable bonds is 11. The molecule has 0 spiro atoms. The molecule has 2 aromatic rings. The highest BCUT2D eigenvalue weighted by Gasteiger charge is 2.48. The predicted octanol–water partition coefficient (Wildman–Crippen LogP) is 0.492. The van der Waals surface area contributed by atoms with Crippen molar-refractivity contribution in [3.8, 4) is 6.01 Å². The van der Waals surface area contributed by atoms with Crippen molar-refractivity contribution in [3.63, 3.8) is 0 Å². The molecule has 202 valence electrons. The Hall–Kier alpha value is -1.90. The molecule has 2 aromatic heterocycles. The highest BCUT2D eigenvalue weighted by atomic mass is 31.2. The van der Waals surface area contributed by atoms with Gasteiger partial charge in [-0.2, -0.15) is 15.1 Å². The van der Waals surface area contributed by atoms with Crippen molar-refractivity contribution < 1.29 is 43.9 Å². The Balaban J connectivity index is 1.60. The van der Waals surface area contributed by atoms with Gasteiger partial charge in [0.15, 0.2) is 17.2 Å². The zero-order valence-electron chi connectivity index (χ0n) is 20.2. The van der Waals surface area contributed by atoms with Gasteiger partial charge in [-0.15, -0.1) is 0 Å². The van der Waals surface area contributed by atoms with Crippen LogP contribution in [0.25, 0.3) is 11.0 Å². The van der Waals surface area contributed by atoms with Crippen molar-refractivity contribution in [2.24, 2.45) is 0 Å². The van der Waals surface area contributed by atoms with E-state index in [0.717, 1.165) is 39.0 Å². The fourth-order valence-electron chi connectivity index (χ4n) is 4.28. The second-order valence-corrected chi connectivity index (χ2v) is 11.4. The molecule has 0 bridgehead atoms. The van der Waals surface area contributed by atoms with Gasteiger partial charge in [0.2, 0.25) is 0 Å². The van der Waals surface area contributed by atoms with Gasteiger partial charge in [-0.05, 0) is 26.2 Å². The minimum Gasteiger partial charge on any atom is -0.463 e. The molecule has 36 heavy (non-hydrogen) atoms. The summed E-state index contributed by atoms with van der Waals surface area (Å²) in [5, 5.41) is 36.9. The van der Waals surface area contributed by atoms with Crippen LogP contribution in [0.15, 0.2) is 6.20 Å². The minimum absolute atomic E-state index is 0.139. The SMILES string of the molecule is CCCOc1nc(NC2CCCC2)c2cnn([C@@H]3O[C@H](COC(C)(CO)P(=O)(O)O)[C@@H](O)[C@H]3O)c2n1. The third kappa shape index (κ3) is 5.36. The minimum atomic E-state index is -4.84. The van der Waals surface area contributed by atoms with E-state index in [2.05, 4.69) is 20.4 Å². The van der Waals surface area contributed by atoms with Gasteiger partial charge in [0.25, 0.3) is 0 Å². The standard InChI is InChI=1S/C21H34N5O9P/c1-3-8-33-20-24-17(23-12-6-4-5-7-12)13-9-22-26(18(13)25-20)19-16(29)15(28)14(35-19)10-34-21(2,11-27)36(30,31)32/h9,12,14-16,19,27-29H,3-8,10-11H2,1-2H3,(H,23,24,25)(H2,30,31,32)/t14-,15-,16-,19-,21?/m1/s1. The molecule has 2 fully saturated rings. The molecule has 0 amide bonds. The Morgan fingerprint density at radius 2 is 1.97 bits per heavy atom. The summed E-state index contributed by atoms with van der Waals surface area (Å²) in [5.74, 6) is 0.553. The van der Waals surface area contributed by atoms with Gasteiger partial charge >= 0.3 is 13.6 Å². The molecule has 1 saturated heterocycles. The van der Waals surface area contributed by atoms with Crippen LogP contribution in [0.1, 0.15) is 52.2 Å². The van der Waals surface area contributed by atoms with E-state index in [0.29, 0.717) is 23.5 Å². The summed E-state index contributed by atoms with van der Waals surface area (Å²) < 4.78 is 29.8. The number of anilines is 1. The number of fused-ring (bicyclic) bond motifs is 1. The van der Waals surface area contributed by atoms with Gasteiger partial charge in [-0.1, -0.05) is 19.8 Å². The average molecular weight is 532 g/mol. The van der Waals surface area contributed by atoms with Gasteiger partial charge < -0.3 is 44.6 Å². The quantitative estimate of drug-likeness (QED) is 0.219. The molecule has 5 atom stereocenters. The fraction of sp³-hybridized carbons (Fsp3) is 0.762. The molecular weight excluding hydrogens is 497 g/mol. The molecule has 4 rings (SSSR count). The van der Waals surface area contributed by atoms with Gasteiger partial charge in [-0.25, -0.2) is 4.68 Å². The topological polar surface area (TPSA) is 202 Å². The first kappa shape index (κ1) is 27.1. The molecule has 14 nitrogen and oxygen atoms in total. The van der Waals surface area contributed by atoms with Gasteiger partial charge in [-0.3, -0.25) is 4.57 Å². The molecule has 1 aliphatic carbocycles. The number of hydrogen-bond donors (Lipinski definition) is 6. The number of ether oxygens (including phenoxy) is 3.